The number of hydrogen-bond donors (Lipinski definition) is 1. The van der Waals surface area contributed by atoms with E-state index in [1.54, 1.807) is 12.1 Å². The summed E-state index contributed by atoms with van der Waals surface area (Å²) in [6.45, 7) is 7.65. The molecule has 0 saturated carbocycles. The summed E-state index contributed by atoms with van der Waals surface area (Å²) in [6, 6.07) is 4.85. The molecule has 0 radical (unpaired) electrons. The van der Waals surface area contributed by atoms with E-state index < -0.39 is 0 Å². The normalized spacial score (nSPS) is 10.1. The Hall–Kier alpha value is -1.35. The van der Waals surface area contributed by atoms with Gasteiger partial charge in [-0.05, 0) is 43.1 Å². The maximum absolute atomic E-state index is 13.0. The van der Waals surface area contributed by atoms with Crippen LogP contribution in [0.4, 0.5) is 4.39 Å². The number of nitrogens with one attached hydrogen (secondary N) is 1. The van der Waals surface area contributed by atoms with Crippen LogP contribution in [-0.4, -0.2) is 13.2 Å². The summed E-state index contributed by atoms with van der Waals surface area (Å²) in [4.78, 5) is 0. The maximum Gasteiger partial charge on any atom is 0.123 e. The molecule has 1 rings (SSSR count). The average molecular weight is 223 g/mol. The first-order chi connectivity index (χ1) is 7.74. The zero-order chi connectivity index (χ0) is 11.8. The van der Waals surface area contributed by atoms with E-state index in [1.807, 2.05) is 6.92 Å². The van der Waals surface area contributed by atoms with E-state index in [9.17, 15) is 4.39 Å². The van der Waals surface area contributed by atoms with Gasteiger partial charge in [0, 0.05) is 6.54 Å². The van der Waals surface area contributed by atoms with Crippen LogP contribution >= 0.6 is 0 Å². The molecule has 0 aliphatic carbocycles. The van der Waals surface area contributed by atoms with Crippen molar-refractivity contribution in [3.05, 3.63) is 48.0 Å². The van der Waals surface area contributed by atoms with Crippen molar-refractivity contribution < 1.29 is 9.13 Å². The van der Waals surface area contributed by atoms with Crippen molar-refractivity contribution in [1.82, 2.24) is 5.32 Å². The van der Waals surface area contributed by atoms with E-state index in [0.29, 0.717) is 13.2 Å². The monoisotopic (exact) mass is 223 g/mol. The van der Waals surface area contributed by atoms with Gasteiger partial charge in [0.25, 0.3) is 0 Å². The van der Waals surface area contributed by atoms with Gasteiger partial charge in [0.1, 0.15) is 5.82 Å². The first kappa shape index (κ1) is 12.7. The highest BCUT2D eigenvalue weighted by Crippen LogP contribution is 2.09. The third-order valence-corrected chi connectivity index (χ3v) is 2.36. The lowest BCUT2D eigenvalue weighted by Gasteiger charge is -2.07. The number of benzene rings is 1. The molecule has 2 nitrogen and oxygen atoms in total. The molecular weight excluding hydrogens is 205 g/mol. The van der Waals surface area contributed by atoms with Crippen LogP contribution in [0.2, 0.25) is 0 Å². The second-order valence-electron chi connectivity index (χ2n) is 3.64. The minimum absolute atomic E-state index is 0.183. The van der Waals surface area contributed by atoms with Gasteiger partial charge in [-0.15, -0.1) is 0 Å². The molecule has 0 aliphatic heterocycles. The topological polar surface area (TPSA) is 21.3 Å². The number of halogens is 1. The van der Waals surface area contributed by atoms with Gasteiger partial charge < -0.3 is 10.1 Å². The molecular formula is C13H18FNO. The maximum atomic E-state index is 13.0. The van der Waals surface area contributed by atoms with Crippen molar-refractivity contribution in [2.24, 2.45) is 0 Å². The predicted octanol–water partition coefficient (Wildman–Crippen LogP) is 2.77. The van der Waals surface area contributed by atoms with Crippen LogP contribution in [0.15, 0.2) is 31.0 Å². The molecule has 0 unspecified atom stereocenters. The van der Waals surface area contributed by atoms with Crippen LogP contribution in [0.25, 0.3) is 0 Å². The van der Waals surface area contributed by atoms with Crippen LogP contribution in [0, 0.1) is 12.7 Å². The summed E-state index contributed by atoms with van der Waals surface area (Å²) in [5.74, 6) is -0.183. The van der Waals surface area contributed by atoms with Gasteiger partial charge in [0.15, 0.2) is 0 Å². The Morgan fingerprint density at radius 3 is 3.06 bits per heavy atom. The number of hydrogen-bond acceptors (Lipinski definition) is 2. The Bertz CT molecular complexity index is 339. The summed E-state index contributed by atoms with van der Waals surface area (Å²) >= 11 is 0. The molecule has 0 heterocycles. The molecule has 0 aliphatic rings. The molecule has 1 N–H and O–H groups in total. The molecule has 0 atom stereocenters. The lowest BCUT2D eigenvalue weighted by molar-refractivity contribution is 0.244. The van der Waals surface area contributed by atoms with Crippen molar-refractivity contribution >= 4 is 0 Å². The zero-order valence-electron chi connectivity index (χ0n) is 9.63. The largest absolute Gasteiger partial charge is 0.502 e. The van der Waals surface area contributed by atoms with Crippen LogP contribution in [0.1, 0.15) is 17.5 Å². The summed E-state index contributed by atoms with van der Waals surface area (Å²) in [5, 5.41) is 3.25. The molecule has 16 heavy (non-hydrogen) atoms. The summed E-state index contributed by atoms with van der Waals surface area (Å²) in [7, 11) is 0. The quantitative estimate of drug-likeness (QED) is 0.567. The van der Waals surface area contributed by atoms with Crippen molar-refractivity contribution in [3.8, 4) is 0 Å². The predicted molar refractivity (Wildman–Crippen MR) is 63.6 cm³/mol. The first-order valence-corrected chi connectivity index (χ1v) is 5.42. The molecule has 88 valence electrons. The minimum Gasteiger partial charge on any atom is -0.502 e. The summed E-state index contributed by atoms with van der Waals surface area (Å²) in [5.41, 5.74) is 2.11. The molecule has 1 aromatic carbocycles. The fourth-order valence-corrected chi connectivity index (χ4v) is 1.42. The molecule has 3 heteroatoms. The van der Waals surface area contributed by atoms with Gasteiger partial charge in [0.2, 0.25) is 0 Å². The summed E-state index contributed by atoms with van der Waals surface area (Å²) < 4.78 is 18.0. The van der Waals surface area contributed by atoms with Crippen molar-refractivity contribution in [2.75, 3.05) is 13.2 Å². The number of ether oxygens (including phenoxy) is 1. The fourth-order valence-electron chi connectivity index (χ4n) is 1.42. The lowest BCUT2D eigenvalue weighted by atomic mass is 10.1. The molecule has 0 aromatic heterocycles. The minimum atomic E-state index is -0.183. The van der Waals surface area contributed by atoms with Crippen LogP contribution < -0.4 is 5.32 Å². The molecule has 1 aromatic rings. The second kappa shape index (κ2) is 7.01. The molecule has 0 fully saturated rings. The number of rotatable bonds is 7. The van der Waals surface area contributed by atoms with E-state index >= 15 is 0 Å². The Morgan fingerprint density at radius 2 is 2.31 bits per heavy atom. The highest BCUT2D eigenvalue weighted by molar-refractivity contribution is 5.26. The Labute approximate surface area is 96.1 Å². The Kier molecular flexibility index (Phi) is 5.57. The molecule has 0 spiro atoms. The second-order valence-corrected chi connectivity index (χ2v) is 3.64. The molecule has 0 saturated heterocycles. The third kappa shape index (κ3) is 4.45. The SMILES string of the molecule is C=COCCCNCc1cc(F)ccc1C. The van der Waals surface area contributed by atoms with E-state index in [1.165, 1.54) is 12.3 Å². The molecule has 0 amide bonds. The Balaban J connectivity index is 2.26. The zero-order valence-corrected chi connectivity index (χ0v) is 9.63. The molecule has 0 bridgehead atoms. The Morgan fingerprint density at radius 1 is 1.50 bits per heavy atom. The van der Waals surface area contributed by atoms with Gasteiger partial charge in [-0.1, -0.05) is 12.6 Å². The highest BCUT2D eigenvalue weighted by Gasteiger charge is 1.99. The smallest absolute Gasteiger partial charge is 0.123 e. The van der Waals surface area contributed by atoms with Crippen LogP contribution in [0.5, 0.6) is 0 Å². The van der Waals surface area contributed by atoms with Crippen molar-refractivity contribution in [3.63, 3.8) is 0 Å². The highest BCUT2D eigenvalue weighted by atomic mass is 19.1. The van der Waals surface area contributed by atoms with E-state index in [-0.39, 0.29) is 5.82 Å². The fraction of sp³-hybridized carbons (Fsp3) is 0.385. The average Bonchev–Trinajstić information content (AvgIpc) is 2.28. The van der Waals surface area contributed by atoms with Gasteiger partial charge in [-0.3, -0.25) is 0 Å². The first-order valence-electron chi connectivity index (χ1n) is 5.42. The number of aryl methyl sites for hydroxylation is 1. The van der Waals surface area contributed by atoms with Gasteiger partial charge >= 0.3 is 0 Å². The third-order valence-electron chi connectivity index (χ3n) is 2.36. The van der Waals surface area contributed by atoms with E-state index in [2.05, 4.69) is 11.9 Å². The van der Waals surface area contributed by atoms with Gasteiger partial charge in [-0.25, -0.2) is 4.39 Å². The van der Waals surface area contributed by atoms with Crippen LogP contribution in [0.3, 0.4) is 0 Å². The van der Waals surface area contributed by atoms with Crippen molar-refractivity contribution in [2.45, 2.75) is 19.9 Å². The van der Waals surface area contributed by atoms with Gasteiger partial charge in [0.05, 0.1) is 12.9 Å². The summed E-state index contributed by atoms with van der Waals surface area (Å²) in [6.07, 6.45) is 2.36. The van der Waals surface area contributed by atoms with Crippen LogP contribution in [-0.2, 0) is 11.3 Å². The van der Waals surface area contributed by atoms with Gasteiger partial charge in [-0.2, -0.15) is 0 Å². The van der Waals surface area contributed by atoms with E-state index in [4.69, 9.17) is 4.74 Å². The standard InChI is InChI=1S/C13H18FNO/c1-3-16-8-4-7-15-10-12-9-13(14)6-5-11(12)2/h3,5-6,9,15H,1,4,7-8,10H2,2H3. The van der Waals surface area contributed by atoms with E-state index in [0.717, 1.165) is 24.1 Å². The lowest BCUT2D eigenvalue weighted by Crippen LogP contribution is -2.16. The van der Waals surface area contributed by atoms with Crippen molar-refractivity contribution in [1.29, 1.82) is 0 Å².